The third-order valence-electron chi connectivity index (χ3n) is 5.93. The van der Waals surface area contributed by atoms with Crippen molar-refractivity contribution in [3.05, 3.63) is 64.1 Å². The van der Waals surface area contributed by atoms with E-state index in [4.69, 9.17) is 4.74 Å². The Morgan fingerprint density at radius 1 is 1.21 bits per heavy atom. The monoisotopic (exact) mass is 397 g/mol. The first kappa shape index (κ1) is 19.2. The van der Waals surface area contributed by atoms with Crippen LogP contribution in [0.3, 0.4) is 0 Å². The van der Waals surface area contributed by atoms with Crippen LogP contribution in [0.2, 0.25) is 0 Å². The van der Waals surface area contributed by atoms with Gasteiger partial charge in [-0.25, -0.2) is 8.42 Å². The van der Waals surface area contributed by atoms with Crippen LogP contribution in [0.15, 0.2) is 46.7 Å². The lowest BCUT2D eigenvalue weighted by Gasteiger charge is -2.30. The van der Waals surface area contributed by atoms with Crippen molar-refractivity contribution in [3.8, 4) is 5.75 Å². The number of methoxy groups -OCH3 is 1. The highest BCUT2D eigenvalue weighted by Crippen LogP contribution is 2.37. The smallest absolute Gasteiger partial charge is 0.200 e. The van der Waals surface area contributed by atoms with E-state index in [1.807, 2.05) is 12.1 Å². The Balaban J connectivity index is 1.40. The molecular weight excluding hydrogens is 370 g/mol. The predicted octanol–water partition coefficient (Wildman–Crippen LogP) is 4.05. The van der Waals surface area contributed by atoms with Gasteiger partial charge in [0.15, 0.2) is 9.84 Å². The maximum Gasteiger partial charge on any atom is 0.200 e. The van der Waals surface area contributed by atoms with E-state index in [-0.39, 0.29) is 0 Å². The first-order chi connectivity index (χ1) is 13.5. The van der Waals surface area contributed by atoms with Crippen LogP contribution in [0.5, 0.6) is 5.75 Å². The maximum atomic E-state index is 11.9. The van der Waals surface area contributed by atoms with Crippen molar-refractivity contribution in [1.29, 1.82) is 0 Å². The van der Waals surface area contributed by atoms with Crippen LogP contribution in [0, 0.1) is 0 Å². The summed E-state index contributed by atoms with van der Waals surface area (Å²) in [5, 5.41) is 1.29. The van der Waals surface area contributed by atoms with E-state index in [2.05, 4.69) is 30.1 Å². The molecule has 0 aromatic heterocycles. The van der Waals surface area contributed by atoms with E-state index in [0.29, 0.717) is 10.8 Å². The molecule has 0 amide bonds. The fraction of sp³-hybridized carbons (Fsp3) is 0.391. The molecule has 148 valence electrons. The summed E-state index contributed by atoms with van der Waals surface area (Å²) in [6, 6.07) is 12.1. The Hall–Kier alpha value is -2.11. The van der Waals surface area contributed by atoms with Crippen molar-refractivity contribution >= 4 is 15.9 Å². The number of ether oxygens (including phenoxy) is 1. The zero-order valence-corrected chi connectivity index (χ0v) is 17.3. The topological polar surface area (TPSA) is 46.6 Å². The SMILES string of the molecule is COc1cccc2c1CCC[C@H]2CN(C)CCc1ccc2c(c1)C=CS2(=O)=O. The zero-order chi connectivity index (χ0) is 19.7. The van der Waals surface area contributed by atoms with Crippen molar-refractivity contribution in [2.24, 2.45) is 0 Å². The Labute approximate surface area is 167 Å². The normalized spacial score (nSPS) is 19.5. The summed E-state index contributed by atoms with van der Waals surface area (Å²) in [5.74, 6) is 1.56. The number of sulfone groups is 1. The molecule has 4 nitrogen and oxygen atoms in total. The molecule has 1 atom stereocenters. The molecule has 2 aromatic carbocycles. The Bertz CT molecular complexity index is 1010. The predicted molar refractivity (Wildman–Crippen MR) is 113 cm³/mol. The van der Waals surface area contributed by atoms with Gasteiger partial charge in [-0.15, -0.1) is 0 Å². The Morgan fingerprint density at radius 3 is 2.89 bits per heavy atom. The van der Waals surface area contributed by atoms with Crippen molar-refractivity contribution in [3.63, 3.8) is 0 Å². The largest absolute Gasteiger partial charge is 0.496 e. The quantitative estimate of drug-likeness (QED) is 0.738. The first-order valence-corrected chi connectivity index (χ1v) is 11.4. The summed E-state index contributed by atoms with van der Waals surface area (Å²) in [6.07, 6.45) is 6.13. The highest BCUT2D eigenvalue weighted by molar-refractivity contribution is 7.94. The summed E-state index contributed by atoms with van der Waals surface area (Å²) in [5.41, 5.74) is 4.80. The minimum atomic E-state index is -3.21. The van der Waals surface area contributed by atoms with Gasteiger partial charge in [0.05, 0.1) is 12.0 Å². The molecule has 0 unspecified atom stereocenters. The number of nitrogens with zero attached hydrogens (tertiary/aromatic N) is 1. The molecule has 0 fully saturated rings. The molecule has 28 heavy (non-hydrogen) atoms. The molecule has 1 aliphatic carbocycles. The Morgan fingerprint density at radius 2 is 2.07 bits per heavy atom. The molecule has 1 aliphatic heterocycles. The van der Waals surface area contributed by atoms with E-state index in [1.165, 1.54) is 34.9 Å². The van der Waals surface area contributed by atoms with Crippen molar-refractivity contribution in [2.45, 2.75) is 36.5 Å². The van der Waals surface area contributed by atoms with E-state index in [9.17, 15) is 8.42 Å². The average molecular weight is 398 g/mol. The van der Waals surface area contributed by atoms with Gasteiger partial charge >= 0.3 is 0 Å². The second-order valence-electron chi connectivity index (χ2n) is 7.85. The van der Waals surface area contributed by atoms with Crippen LogP contribution in [0.1, 0.15) is 41.0 Å². The fourth-order valence-electron chi connectivity index (χ4n) is 4.46. The molecule has 0 spiro atoms. The standard InChI is InChI=1S/C23H27NO3S/c1-24(13-11-17-9-10-23-18(15-17)12-14-28(23,25)26)16-19-5-3-7-21-20(19)6-4-8-22(21)27-2/h4,6,8-10,12,14-15,19H,3,5,7,11,13,16H2,1-2H3/t19-/m0/s1. The number of hydrogen-bond donors (Lipinski definition) is 0. The van der Waals surface area contributed by atoms with Gasteiger partial charge in [-0.2, -0.15) is 0 Å². The molecule has 2 aliphatic rings. The average Bonchev–Trinajstić information content (AvgIpc) is 3.00. The van der Waals surface area contributed by atoms with Gasteiger partial charge in [0.1, 0.15) is 5.75 Å². The number of hydrogen-bond acceptors (Lipinski definition) is 4. The van der Waals surface area contributed by atoms with Gasteiger partial charge in [-0.1, -0.05) is 24.3 Å². The molecule has 0 bridgehead atoms. The van der Waals surface area contributed by atoms with E-state index in [0.717, 1.165) is 37.2 Å². The van der Waals surface area contributed by atoms with E-state index >= 15 is 0 Å². The zero-order valence-electron chi connectivity index (χ0n) is 16.5. The van der Waals surface area contributed by atoms with Gasteiger partial charge in [-0.05, 0) is 79.1 Å². The minimum absolute atomic E-state index is 0.428. The van der Waals surface area contributed by atoms with Crippen LogP contribution in [-0.2, 0) is 22.7 Å². The molecule has 2 aromatic rings. The first-order valence-electron chi connectivity index (χ1n) is 9.88. The summed E-state index contributed by atoms with van der Waals surface area (Å²) in [6.45, 7) is 1.98. The number of likely N-dealkylation sites (N-methyl/N-ethyl adjacent to an activating group) is 1. The third kappa shape index (κ3) is 3.74. The number of rotatable bonds is 6. The second-order valence-corrected chi connectivity index (χ2v) is 9.65. The van der Waals surface area contributed by atoms with Gasteiger partial charge in [0, 0.05) is 18.5 Å². The molecular formula is C23H27NO3S. The minimum Gasteiger partial charge on any atom is -0.496 e. The third-order valence-corrected chi connectivity index (χ3v) is 7.41. The molecule has 0 N–H and O–H groups in total. The molecule has 0 saturated heterocycles. The highest BCUT2D eigenvalue weighted by atomic mass is 32.2. The number of fused-ring (bicyclic) bond motifs is 2. The van der Waals surface area contributed by atoms with Crippen molar-refractivity contribution < 1.29 is 13.2 Å². The molecule has 5 heteroatoms. The van der Waals surface area contributed by atoms with Gasteiger partial charge in [0.2, 0.25) is 0 Å². The lowest BCUT2D eigenvalue weighted by atomic mass is 9.82. The molecule has 0 saturated carbocycles. The maximum absolute atomic E-state index is 11.9. The van der Waals surface area contributed by atoms with Gasteiger partial charge in [-0.3, -0.25) is 0 Å². The van der Waals surface area contributed by atoms with Crippen LogP contribution in [-0.4, -0.2) is 40.6 Å². The molecule has 4 rings (SSSR count). The summed E-state index contributed by atoms with van der Waals surface area (Å²) in [4.78, 5) is 2.82. The van der Waals surface area contributed by atoms with Crippen LogP contribution in [0.25, 0.3) is 6.08 Å². The van der Waals surface area contributed by atoms with Crippen molar-refractivity contribution in [2.75, 3.05) is 27.2 Å². The Kier molecular flexibility index (Phi) is 5.30. The number of benzene rings is 2. The summed E-state index contributed by atoms with van der Waals surface area (Å²) < 4.78 is 29.3. The van der Waals surface area contributed by atoms with Crippen molar-refractivity contribution in [1.82, 2.24) is 4.90 Å². The van der Waals surface area contributed by atoms with Crippen LogP contribution < -0.4 is 4.74 Å². The summed E-state index contributed by atoms with van der Waals surface area (Å²) in [7, 11) is 0.717. The fourth-order valence-corrected chi connectivity index (χ4v) is 5.65. The molecule has 1 heterocycles. The second kappa shape index (κ2) is 7.72. The molecule has 0 radical (unpaired) electrons. The van der Waals surface area contributed by atoms with Gasteiger partial charge < -0.3 is 9.64 Å². The van der Waals surface area contributed by atoms with E-state index < -0.39 is 9.84 Å². The van der Waals surface area contributed by atoms with Crippen LogP contribution in [0.4, 0.5) is 0 Å². The highest BCUT2D eigenvalue weighted by Gasteiger charge is 2.24. The van der Waals surface area contributed by atoms with E-state index in [1.54, 1.807) is 19.3 Å². The lowest BCUT2D eigenvalue weighted by Crippen LogP contribution is -2.28. The van der Waals surface area contributed by atoms with Crippen LogP contribution >= 0.6 is 0 Å². The van der Waals surface area contributed by atoms with Gasteiger partial charge in [0.25, 0.3) is 0 Å². The lowest BCUT2D eigenvalue weighted by molar-refractivity contribution is 0.299. The summed E-state index contributed by atoms with van der Waals surface area (Å²) >= 11 is 0.